The Labute approximate surface area is 112 Å². The Morgan fingerprint density at radius 3 is 2.37 bits per heavy atom. The highest BCUT2D eigenvalue weighted by atomic mass is 32.2. The molecule has 19 heavy (non-hydrogen) atoms. The maximum Gasteiger partial charge on any atom is 0.324 e. The molecule has 7 heteroatoms. The van der Waals surface area contributed by atoms with Gasteiger partial charge in [0.25, 0.3) is 0 Å². The molecule has 0 aromatic heterocycles. The molecule has 1 unspecified atom stereocenters. The largest absolute Gasteiger partial charge is 0.491 e. The number of hydrogen-bond acceptors (Lipinski definition) is 5. The standard InChI is InChI=1S/C12H17NO5S/c1-3-13-11(12(14)15)8-18-9-4-6-10(7-5-9)19(2,16)17/h4-7,11,13H,3,8H2,1-2H3,(H,14,15). The molecule has 2 N–H and O–H groups in total. The molecule has 0 amide bonds. The Bertz CT molecular complexity index is 524. The lowest BCUT2D eigenvalue weighted by atomic mass is 10.3. The predicted octanol–water partition coefficient (Wildman–Crippen LogP) is 0.532. The van der Waals surface area contributed by atoms with Gasteiger partial charge in [0.05, 0.1) is 4.90 Å². The summed E-state index contributed by atoms with van der Waals surface area (Å²) in [6, 6.07) is 5.06. The number of nitrogens with one attached hydrogen (secondary N) is 1. The Morgan fingerprint density at radius 2 is 1.95 bits per heavy atom. The van der Waals surface area contributed by atoms with Crippen LogP contribution in [-0.4, -0.2) is 44.9 Å². The highest BCUT2D eigenvalue weighted by molar-refractivity contribution is 7.90. The average Bonchev–Trinajstić information content (AvgIpc) is 2.33. The summed E-state index contributed by atoms with van der Waals surface area (Å²) in [4.78, 5) is 11.1. The summed E-state index contributed by atoms with van der Waals surface area (Å²) in [5.41, 5.74) is 0. The fourth-order valence-electron chi connectivity index (χ4n) is 1.43. The van der Waals surface area contributed by atoms with Crippen LogP contribution in [0.5, 0.6) is 5.75 Å². The first kappa shape index (κ1) is 15.5. The Morgan fingerprint density at radius 1 is 1.37 bits per heavy atom. The molecule has 106 valence electrons. The molecule has 0 saturated carbocycles. The van der Waals surface area contributed by atoms with Gasteiger partial charge in [-0.15, -0.1) is 0 Å². The molecular weight excluding hydrogens is 270 g/mol. The molecule has 0 fully saturated rings. The van der Waals surface area contributed by atoms with Crippen LogP contribution < -0.4 is 10.1 Å². The van der Waals surface area contributed by atoms with Crippen molar-refractivity contribution in [1.82, 2.24) is 5.32 Å². The van der Waals surface area contributed by atoms with Crippen LogP contribution in [0.1, 0.15) is 6.92 Å². The minimum absolute atomic E-state index is 0.0264. The van der Waals surface area contributed by atoms with E-state index in [0.29, 0.717) is 12.3 Å². The van der Waals surface area contributed by atoms with Gasteiger partial charge in [-0.3, -0.25) is 4.79 Å². The molecule has 0 aliphatic carbocycles. The second-order valence-electron chi connectivity index (χ2n) is 4.00. The number of benzene rings is 1. The van der Waals surface area contributed by atoms with Crippen molar-refractivity contribution in [2.75, 3.05) is 19.4 Å². The molecule has 0 aliphatic rings. The topological polar surface area (TPSA) is 92.7 Å². The summed E-state index contributed by atoms with van der Waals surface area (Å²) < 4.78 is 27.8. The molecule has 0 aliphatic heterocycles. The van der Waals surface area contributed by atoms with Gasteiger partial charge in [-0.25, -0.2) is 8.42 Å². The fourth-order valence-corrected chi connectivity index (χ4v) is 2.06. The third-order valence-corrected chi connectivity index (χ3v) is 3.55. The summed E-state index contributed by atoms with van der Waals surface area (Å²) in [6.07, 6.45) is 1.12. The minimum Gasteiger partial charge on any atom is -0.491 e. The lowest BCUT2D eigenvalue weighted by molar-refractivity contribution is -0.140. The van der Waals surface area contributed by atoms with E-state index in [9.17, 15) is 13.2 Å². The molecule has 1 atom stereocenters. The van der Waals surface area contributed by atoms with Crippen LogP contribution in [0.15, 0.2) is 29.2 Å². The molecule has 0 bridgehead atoms. The number of aliphatic carboxylic acids is 1. The number of ether oxygens (including phenoxy) is 1. The number of hydrogen-bond donors (Lipinski definition) is 2. The van der Waals surface area contributed by atoms with E-state index in [1.54, 1.807) is 6.92 Å². The van der Waals surface area contributed by atoms with Crippen molar-refractivity contribution in [1.29, 1.82) is 0 Å². The quantitative estimate of drug-likeness (QED) is 0.760. The fraction of sp³-hybridized carbons (Fsp3) is 0.417. The van der Waals surface area contributed by atoms with Crippen molar-refractivity contribution in [2.45, 2.75) is 17.9 Å². The lowest BCUT2D eigenvalue weighted by Gasteiger charge is -2.14. The minimum atomic E-state index is -3.23. The smallest absolute Gasteiger partial charge is 0.324 e. The van der Waals surface area contributed by atoms with Gasteiger partial charge in [0.15, 0.2) is 9.84 Å². The van der Waals surface area contributed by atoms with Gasteiger partial charge in [0.1, 0.15) is 18.4 Å². The van der Waals surface area contributed by atoms with E-state index < -0.39 is 21.8 Å². The van der Waals surface area contributed by atoms with Crippen molar-refractivity contribution in [3.8, 4) is 5.75 Å². The lowest BCUT2D eigenvalue weighted by Crippen LogP contribution is -2.41. The highest BCUT2D eigenvalue weighted by Crippen LogP contribution is 2.15. The number of carboxylic acid groups (broad SMARTS) is 1. The van der Waals surface area contributed by atoms with Crippen molar-refractivity contribution in [3.63, 3.8) is 0 Å². The van der Waals surface area contributed by atoms with Crippen molar-refractivity contribution in [2.24, 2.45) is 0 Å². The molecule has 0 heterocycles. The number of rotatable bonds is 7. The zero-order valence-corrected chi connectivity index (χ0v) is 11.6. The van der Waals surface area contributed by atoms with E-state index in [2.05, 4.69) is 5.32 Å². The molecule has 6 nitrogen and oxygen atoms in total. The maximum atomic E-state index is 11.3. The van der Waals surface area contributed by atoms with Crippen molar-refractivity contribution >= 4 is 15.8 Å². The van der Waals surface area contributed by atoms with E-state index in [-0.39, 0.29) is 11.5 Å². The van der Waals surface area contributed by atoms with Crippen molar-refractivity contribution < 1.29 is 23.1 Å². The van der Waals surface area contributed by atoms with Gasteiger partial charge in [-0.1, -0.05) is 6.92 Å². The van der Waals surface area contributed by atoms with Crippen LogP contribution in [-0.2, 0) is 14.6 Å². The first-order chi connectivity index (χ1) is 8.84. The zero-order chi connectivity index (χ0) is 14.5. The number of likely N-dealkylation sites (N-methyl/N-ethyl adjacent to an activating group) is 1. The Hall–Kier alpha value is -1.60. The van der Waals surface area contributed by atoms with E-state index >= 15 is 0 Å². The number of carboxylic acids is 1. The zero-order valence-electron chi connectivity index (χ0n) is 10.8. The normalized spacial score (nSPS) is 12.9. The predicted molar refractivity (Wildman–Crippen MR) is 70.1 cm³/mol. The molecule has 0 radical (unpaired) electrons. The summed E-state index contributed by atoms with van der Waals surface area (Å²) in [5, 5.41) is 11.7. The summed E-state index contributed by atoms with van der Waals surface area (Å²) >= 11 is 0. The molecular formula is C12H17NO5S. The molecule has 1 rings (SSSR count). The molecule has 1 aromatic carbocycles. The monoisotopic (exact) mass is 287 g/mol. The van der Waals surface area contributed by atoms with Crippen molar-refractivity contribution in [3.05, 3.63) is 24.3 Å². The van der Waals surface area contributed by atoms with Gasteiger partial charge in [0.2, 0.25) is 0 Å². The summed E-state index contributed by atoms with van der Waals surface area (Å²) in [6.45, 7) is 2.30. The van der Waals surface area contributed by atoms with Gasteiger partial charge in [0, 0.05) is 6.26 Å². The number of sulfone groups is 1. The average molecular weight is 287 g/mol. The van der Waals surface area contributed by atoms with Gasteiger partial charge in [-0.05, 0) is 30.8 Å². The third-order valence-electron chi connectivity index (χ3n) is 2.42. The molecule has 1 aromatic rings. The van der Waals surface area contributed by atoms with Gasteiger partial charge < -0.3 is 15.2 Å². The van der Waals surface area contributed by atoms with Crippen LogP contribution in [0.3, 0.4) is 0 Å². The second kappa shape index (κ2) is 6.53. The van der Waals surface area contributed by atoms with E-state index in [0.717, 1.165) is 6.26 Å². The summed E-state index contributed by atoms with van der Waals surface area (Å²) in [5.74, 6) is -0.564. The molecule has 0 spiro atoms. The summed E-state index contributed by atoms with van der Waals surface area (Å²) in [7, 11) is -3.23. The van der Waals surface area contributed by atoms with E-state index in [1.807, 2.05) is 0 Å². The highest BCUT2D eigenvalue weighted by Gasteiger charge is 2.16. The first-order valence-corrected chi connectivity index (χ1v) is 7.63. The van der Waals surface area contributed by atoms with E-state index in [4.69, 9.17) is 9.84 Å². The van der Waals surface area contributed by atoms with Crippen LogP contribution in [0.2, 0.25) is 0 Å². The Balaban J connectivity index is 2.66. The maximum absolute atomic E-state index is 11.3. The van der Waals surface area contributed by atoms with Gasteiger partial charge >= 0.3 is 5.97 Å². The van der Waals surface area contributed by atoms with Crippen LogP contribution in [0, 0.1) is 0 Å². The SMILES string of the molecule is CCNC(COc1ccc(S(C)(=O)=O)cc1)C(=O)O. The van der Waals surface area contributed by atoms with Crippen LogP contribution in [0.4, 0.5) is 0 Å². The molecule has 0 saturated heterocycles. The van der Waals surface area contributed by atoms with Gasteiger partial charge in [-0.2, -0.15) is 0 Å². The Kier molecular flexibility index (Phi) is 5.31. The number of carbonyl (C=O) groups is 1. The van der Waals surface area contributed by atoms with Crippen LogP contribution in [0.25, 0.3) is 0 Å². The second-order valence-corrected chi connectivity index (χ2v) is 6.02. The third kappa shape index (κ3) is 4.88. The van der Waals surface area contributed by atoms with E-state index in [1.165, 1.54) is 24.3 Å². The van der Waals surface area contributed by atoms with Crippen LogP contribution >= 0.6 is 0 Å². The first-order valence-electron chi connectivity index (χ1n) is 5.73.